The molecule has 0 fully saturated rings. The summed E-state index contributed by atoms with van der Waals surface area (Å²) in [6.07, 6.45) is 0. The summed E-state index contributed by atoms with van der Waals surface area (Å²) in [5, 5.41) is 7.60. The van der Waals surface area contributed by atoms with Gasteiger partial charge < -0.3 is 14.9 Å². The summed E-state index contributed by atoms with van der Waals surface area (Å²) < 4.78 is 27.7. The molecule has 170 valence electrons. The molecule has 0 amide bonds. The van der Waals surface area contributed by atoms with E-state index in [1.165, 1.54) is 6.07 Å². The average Bonchev–Trinajstić information content (AvgIpc) is 3.20. The van der Waals surface area contributed by atoms with Crippen molar-refractivity contribution in [1.82, 2.24) is 14.9 Å². The first-order valence-electron chi connectivity index (χ1n) is 10.3. The van der Waals surface area contributed by atoms with Gasteiger partial charge in [0.05, 0.1) is 13.2 Å². The number of H-pyrrole nitrogens is 1. The van der Waals surface area contributed by atoms with Crippen LogP contribution in [-0.2, 0) is 13.2 Å². The van der Waals surface area contributed by atoms with Gasteiger partial charge in [0.25, 0.3) is 0 Å². The fraction of sp³-hybridized carbons (Fsp3) is 0.167. The van der Waals surface area contributed by atoms with Gasteiger partial charge in [-0.25, -0.2) is 14.2 Å². The molecule has 0 aliphatic heterocycles. The van der Waals surface area contributed by atoms with Crippen molar-refractivity contribution >= 4 is 23.8 Å². The maximum absolute atomic E-state index is 13.9. The molecule has 0 radical (unpaired) electrons. The molecular formula is C24H22ClFN4O2S. The summed E-state index contributed by atoms with van der Waals surface area (Å²) in [4.78, 5) is 0. The predicted molar refractivity (Wildman–Crippen MR) is 129 cm³/mol. The lowest BCUT2D eigenvalue weighted by Crippen LogP contribution is -2.16. The van der Waals surface area contributed by atoms with Crippen LogP contribution >= 0.6 is 23.8 Å². The third-order valence-electron chi connectivity index (χ3n) is 4.89. The van der Waals surface area contributed by atoms with Gasteiger partial charge in [-0.3, -0.25) is 0 Å². The van der Waals surface area contributed by atoms with Gasteiger partial charge in [0.1, 0.15) is 12.4 Å². The summed E-state index contributed by atoms with van der Waals surface area (Å²) in [7, 11) is 0. The van der Waals surface area contributed by atoms with Crippen LogP contribution in [0.3, 0.4) is 0 Å². The van der Waals surface area contributed by atoms with E-state index in [-0.39, 0.29) is 12.4 Å². The van der Waals surface area contributed by atoms with Crippen molar-refractivity contribution in [3.8, 4) is 22.9 Å². The Morgan fingerprint density at radius 1 is 1.03 bits per heavy atom. The van der Waals surface area contributed by atoms with Crippen LogP contribution in [0.25, 0.3) is 11.4 Å². The number of hydrogen-bond donors (Lipinski definition) is 2. The number of aromatic nitrogens is 3. The van der Waals surface area contributed by atoms with Gasteiger partial charge in [-0.2, -0.15) is 5.10 Å². The van der Waals surface area contributed by atoms with E-state index in [1.807, 2.05) is 37.3 Å². The highest BCUT2D eigenvalue weighted by atomic mass is 35.5. The molecule has 0 atom stereocenters. The molecule has 0 aliphatic carbocycles. The van der Waals surface area contributed by atoms with Gasteiger partial charge in [-0.05, 0) is 36.8 Å². The summed E-state index contributed by atoms with van der Waals surface area (Å²) in [5.74, 6) is 1.30. The van der Waals surface area contributed by atoms with Crippen LogP contribution < -0.4 is 14.9 Å². The van der Waals surface area contributed by atoms with Crippen molar-refractivity contribution in [3.63, 3.8) is 0 Å². The Hall–Kier alpha value is -3.36. The van der Waals surface area contributed by atoms with Crippen LogP contribution in [0.1, 0.15) is 18.1 Å². The van der Waals surface area contributed by atoms with Crippen LogP contribution in [0.15, 0.2) is 66.7 Å². The second-order valence-electron chi connectivity index (χ2n) is 7.09. The molecule has 0 aliphatic rings. The summed E-state index contributed by atoms with van der Waals surface area (Å²) in [6, 6.07) is 19.7. The molecule has 0 saturated heterocycles. The van der Waals surface area contributed by atoms with Crippen LogP contribution in [-0.4, -0.2) is 21.5 Å². The Kier molecular flexibility index (Phi) is 7.26. The molecule has 6 nitrogen and oxygen atoms in total. The zero-order valence-corrected chi connectivity index (χ0v) is 19.4. The van der Waals surface area contributed by atoms with Gasteiger partial charge in [0.2, 0.25) is 4.77 Å². The maximum Gasteiger partial charge on any atom is 0.214 e. The third-order valence-corrected chi connectivity index (χ3v) is 5.51. The first kappa shape index (κ1) is 22.8. The molecule has 0 spiro atoms. The number of halogens is 2. The van der Waals surface area contributed by atoms with E-state index < -0.39 is 0 Å². The molecule has 0 saturated carbocycles. The van der Waals surface area contributed by atoms with Crippen LogP contribution in [0.2, 0.25) is 5.02 Å². The SMILES string of the molecule is CCOc1cc(CNn2c(-c3ccccc3)n[nH]c2=S)c(Cl)cc1OCc1ccccc1F. The van der Waals surface area contributed by atoms with Gasteiger partial charge >= 0.3 is 0 Å². The smallest absolute Gasteiger partial charge is 0.214 e. The van der Waals surface area contributed by atoms with E-state index >= 15 is 0 Å². The molecule has 1 heterocycles. The lowest BCUT2D eigenvalue weighted by molar-refractivity contribution is 0.265. The van der Waals surface area contributed by atoms with Crippen LogP contribution in [0.5, 0.6) is 11.5 Å². The molecule has 0 unspecified atom stereocenters. The molecular weight excluding hydrogens is 463 g/mol. The molecule has 2 N–H and O–H groups in total. The number of aromatic amines is 1. The summed E-state index contributed by atoms with van der Waals surface area (Å²) in [6.45, 7) is 2.74. The van der Waals surface area contributed by atoms with Crippen molar-refractivity contribution in [1.29, 1.82) is 0 Å². The highest BCUT2D eigenvalue weighted by Gasteiger charge is 2.14. The van der Waals surface area contributed by atoms with Gasteiger partial charge in [-0.1, -0.05) is 60.1 Å². The van der Waals surface area contributed by atoms with Crippen LogP contribution in [0, 0.1) is 10.6 Å². The van der Waals surface area contributed by atoms with E-state index in [1.54, 1.807) is 35.0 Å². The van der Waals surface area contributed by atoms with Crippen molar-refractivity contribution in [2.24, 2.45) is 0 Å². The zero-order valence-electron chi connectivity index (χ0n) is 17.8. The predicted octanol–water partition coefficient (Wildman–Crippen LogP) is 6.12. The van der Waals surface area contributed by atoms with E-state index in [0.717, 1.165) is 11.1 Å². The standard InChI is InChI=1S/C24H22ClFN4O2S/c1-2-31-21-12-18(19(25)13-22(21)32-15-17-10-6-7-11-20(17)26)14-27-30-23(28-29-24(30)33)16-8-4-3-5-9-16/h3-13,27H,2,14-15H2,1H3,(H,29,33). The normalized spacial score (nSPS) is 10.8. The highest BCUT2D eigenvalue weighted by molar-refractivity contribution is 7.71. The number of hydrogen-bond acceptors (Lipinski definition) is 5. The minimum atomic E-state index is -0.326. The lowest BCUT2D eigenvalue weighted by Gasteiger charge is -2.16. The Bertz CT molecular complexity index is 1290. The van der Waals surface area contributed by atoms with E-state index in [9.17, 15) is 4.39 Å². The summed E-state index contributed by atoms with van der Waals surface area (Å²) >= 11 is 11.9. The second-order valence-corrected chi connectivity index (χ2v) is 7.89. The first-order chi connectivity index (χ1) is 16.1. The molecule has 9 heteroatoms. The quantitative estimate of drug-likeness (QED) is 0.280. The van der Waals surface area contributed by atoms with E-state index in [2.05, 4.69) is 15.6 Å². The molecule has 3 aromatic carbocycles. The van der Waals surface area contributed by atoms with Crippen molar-refractivity contribution in [2.75, 3.05) is 12.0 Å². The first-order valence-corrected chi connectivity index (χ1v) is 11.1. The topological polar surface area (TPSA) is 64.1 Å². The molecule has 33 heavy (non-hydrogen) atoms. The lowest BCUT2D eigenvalue weighted by atomic mass is 10.2. The maximum atomic E-state index is 13.9. The highest BCUT2D eigenvalue weighted by Crippen LogP contribution is 2.34. The largest absolute Gasteiger partial charge is 0.490 e. The monoisotopic (exact) mass is 484 g/mol. The van der Waals surface area contributed by atoms with E-state index in [0.29, 0.717) is 45.8 Å². The molecule has 1 aromatic heterocycles. The summed E-state index contributed by atoms with van der Waals surface area (Å²) in [5.41, 5.74) is 5.40. The van der Waals surface area contributed by atoms with Crippen molar-refractivity contribution in [2.45, 2.75) is 20.1 Å². The fourth-order valence-electron chi connectivity index (χ4n) is 3.25. The van der Waals surface area contributed by atoms with Crippen LogP contribution in [0.4, 0.5) is 4.39 Å². The third kappa shape index (κ3) is 5.35. The minimum Gasteiger partial charge on any atom is -0.490 e. The zero-order chi connectivity index (χ0) is 23.2. The number of benzene rings is 3. The van der Waals surface area contributed by atoms with Gasteiger partial charge in [0, 0.05) is 22.2 Å². The average molecular weight is 485 g/mol. The number of rotatable bonds is 9. The molecule has 0 bridgehead atoms. The Labute approximate surface area is 200 Å². The van der Waals surface area contributed by atoms with Gasteiger partial charge in [0.15, 0.2) is 17.3 Å². The number of ether oxygens (including phenoxy) is 2. The van der Waals surface area contributed by atoms with Crippen molar-refractivity contribution in [3.05, 3.63) is 93.5 Å². The Balaban J connectivity index is 1.55. The fourth-order valence-corrected chi connectivity index (χ4v) is 3.67. The number of nitrogens with one attached hydrogen (secondary N) is 2. The second kappa shape index (κ2) is 10.5. The Morgan fingerprint density at radius 2 is 1.76 bits per heavy atom. The molecule has 4 rings (SSSR count). The number of nitrogens with zero attached hydrogens (tertiary/aromatic N) is 2. The van der Waals surface area contributed by atoms with Gasteiger partial charge in [-0.15, -0.1) is 0 Å². The van der Waals surface area contributed by atoms with Crippen molar-refractivity contribution < 1.29 is 13.9 Å². The molecule has 4 aromatic rings. The van der Waals surface area contributed by atoms with E-state index in [4.69, 9.17) is 33.3 Å². The Morgan fingerprint density at radius 3 is 2.52 bits per heavy atom. The minimum absolute atomic E-state index is 0.0608.